The smallest absolute Gasteiger partial charge is 0.228 e. The van der Waals surface area contributed by atoms with Crippen molar-refractivity contribution < 1.29 is 4.52 Å². The van der Waals surface area contributed by atoms with Crippen molar-refractivity contribution in [2.24, 2.45) is 10.4 Å². The molecule has 0 unspecified atom stereocenters. The molecule has 0 atom stereocenters. The Labute approximate surface area is 182 Å². The largest absolute Gasteiger partial charge is 0.357 e. The van der Waals surface area contributed by atoms with Crippen LogP contribution in [-0.4, -0.2) is 47.2 Å². The number of aliphatic imine (C=N–C) groups is 1. The molecule has 27 heavy (non-hydrogen) atoms. The fourth-order valence-electron chi connectivity index (χ4n) is 3.05. The van der Waals surface area contributed by atoms with Crippen molar-refractivity contribution in [3.63, 3.8) is 0 Å². The summed E-state index contributed by atoms with van der Waals surface area (Å²) in [6.07, 6.45) is 1.80. The summed E-state index contributed by atoms with van der Waals surface area (Å²) in [7, 11) is 0. The van der Waals surface area contributed by atoms with Gasteiger partial charge in [0.1, 0.15) is 0 Å². The molecule has 1 aromatic carbocycles. The molecule has 1 aliphatic rings. The van der Waals surface area contributed by atoms with Crippen molar-refractivity contribution in [2.45, 2.75) is 33.6 Å². The van der Waals surface area contributed by atoms with Gasteiger partial charge in [0.2, 0.25) is 11.7 Å². The number of benzene rings is 1. The highest BCUT2D eigenvalue weighted by Gasteiger charge is 2.30. The van der Waals surface area contributed by atoms with Crippen LogP contribution in [0.25, 0.3) is 11.4 Å². The Morgan fingerprint density at radius 2 is 2.07 bits per heavy atom. The number of halogens is 2. The first-order valence-corrected chi connectivity index (χ1v) is 9.46. The van der Waals surface area contributed by atoms with Crippen LogP contribution in [0.15, 0.2) is 33.8 Å². The molecule has 0 radical (unpaired) electrons. The van der Waals surface area contributed by atoms with E-state index in [0.717, 1.165) is 31.2 Å². The minimum absolute atomic E-state index is 0. The van der Waals surface area contributed by atoms with Crippen molar-refractivity contribution in [1.82, 2.24) is 20.4 Å². The van der Waals surface area contributed by atoms with Crippen LogP contribution in [-0.2, 0) is 6.42 Å². The first kappa shape index (κ1) is 21.9. The third kappa shape index (κ3) is 6.07. The van der Waals surface area contributed by atoms with Crippen LogP contribution in [0.1, 0.15) is 33.1 Å². The van der Waals surface area contributed by atoms with Crippen LogP contribution >= 0.6 is 35.6 Å². The Morgan fingerprint density at radius 1 is 1.33 bits per heavy atom. The van der Waals surface area contributed by atoms with Gasteiger partial charge in [0.15, 0.2) is 5.96 Å². The van der Waals surface area contributed by atoms with E-state index >= 15 is 0 Å². The van der Waals surface area contributed by atoms with Crippen molar-refractivity contribution in [3.05, 3.63) is 35.2 Å². The molecule has 0 saturated carbocycles. The van der Waals surface area contributed by atoms with Crippen molar-refractivity contribution >= 4 is 41.5 Å². The summed E-state index contributed by atoms with van der Waals surface area (Å²) in [6, 6.07) is 7.40. The lowest BCUT2D eigenvalue weighted by Crippen LogP contribution is -2.40. The maximum Gasteiger partial charge on any atom is 0.228 e. The van der Waals surface area contributed by atoms with Crippen LogP contribution < -0.4 is 5.32 Å². The predicted molar refractivity (Wildman–Crippen MR) is 120 cm³/mol. The number of hydrogen-bond donors (Lipinski definition) is 1. The van der Waals surface area contributed by atoms with Crippen molar-refractivity contribution in [1.29, 1.82) is 0 Å². The number of rotatable bonds is 5. The SMILES string of the molecule is CCNC(=NCCc1nc(-c2ccc(Cl)cc2)no1)N1CCC(C)(C)C1.I. The highest BCUT2D eigenvalue weighted by Crippen LogP contribution is 2.28. The molecule has 1 fully saturated rings. The van der Waals surface area contributed by atoms with E-state index in [1.54, 1.807) is 0 Å². The van der Waals surface area contributed by atoms with E-state index in [9.17, 15) is 0 Å². The molecule has 2 aromatic rings. The number of nitrogens with zero attached hydrogens (tertiary/aromatic N) is 4. The molecule has 1 N–H and O–H groups in total. The minimum atomic E-state index is 0. The second kappa shape index (κ2) is 9.73. The zero-order chi connectivity index (χ0) is 18.6. The second-order valence-corrected chi connectivity index (χ2v) is 7.78. The van der Waals surface area contributed by atoms with Gasteiger partial charge in [-0.15, -0.1) is 24.0 Å². The van der Waals surface area contributed by atoms with E-state index in [2.05, 4.69) is 41.1 Å². The summed E-state index contributed by atoms with van der Waals surface area (Å²) >= 11 is 5.91. The molecule has 1 saturated heterocycles. The molecule has 0 amide bonds. The molecule has 6 nitrogen and oxygen atoms in total. The van der Waals surface area contributed by atoms with Crippen LogP contribution in [0, 0.1) is 5.41 Å². The van der Waals surface area contributed by atoms with E-state index in [-0.39, 0.29) is 24.0 Å². The van der Waals surface area contributed by atoms with Gasteiger partial charge in [-0.3, -0.25) is 4.99 Å². The molecule has 8 heteroatoms. The van der Waals surface area contributed by atoms with Crippen LogP contribution in [0.5, 0.6) is 0 Å². The third-order valence-corrected chi connectivity index (χ3v) is 4.72. The summed E-state index contributed by atoms with van der Waals surface area (Å²) in [5, 5.41) is 8.11. The van der Waals surface area contributed by atoms with Crippen LogP contribution in [0.4, 0.5) is 0 Å². The molecule has 2 heterocycles. The van der Waals surface area contributed by atoms with Gasteiger partial charge in [-0.2, -0.15) is 4.98 Å². The van der Waals surface area contributed by atoms with E-state index in [1.807, 2.05) is 24.3 Å². The number of aromatic nitrogens is 2. The molecule has 0 aliphatic carbocycles. The maximum absolute atomic E-state index is 5.91. The quantitative estimate of drug-likeness (QED) is 0.375. The number of nitrogens with one attached hydrogen (secondary N) is 1. The lowest BCUT2D eigenvalue weighted by molar-refractivity contribution is 0.368. The van der Waals surface area contributed by atoms with Crippen molar-refractivity contribution in [3.8, 4) is 11.4 Å². The molecule has 1 aliphatic heterocycles. The van der Waals surface area contributed by atoms with E-state index in [0.29, 0.717) is 35.1 Å². The maximum atomic E-state index is 5.91. The van der Waals surface area contributed by atoms with Crippen LogP contribution in [0.3, 0.4) is 0 Å². The Bertz CT molecular complexity index is 760. The fraction of sp³-hybridized carbons (Fsp3) is 0.526. The summed E-state index contributed by atoms with van der Waals surface area (Å²) in [5.41, 5.74) is 1.23. The van der Waals surface area contributed by atoms with Gasteiger partial charge in [-0.1, -0.05) is 30.6 Å². The molecule has 3 rings (SSSR count). The zero-order valence-electron chi connectivity index (χ0n) is 16.0. The summed E-state index contributed by atoms with van der Waals surface area (Å²) in [5.74, 6) is 2.14. The van der Waals surface area contributed by atoms with E-state index < -0.39 is 0 Å². The second-order valence-electron chi connectivity index (χ2n) is 7.34. The lowest BCUT2D eigenvalue weighted by atomic mass is 9.93. The van der Waals surface area contributed by atoms with Gasteiger partial charge in [0, 0.05) is 36.6 Å². The highest BCUT2D eigenvalue weighted by molar-refractivity contribution is 14.0. The summed E-state index contributed by atoms with van der Waals surface area (Å²) in [6.45, 7) is 10.2. The molecule has 148 valence electrons. The Morgan fingerprint density at radius 3 is 2.70 bits per heavy atom. The average Bonchev–Trinajstić information content (AvgIpc) is 3.21. The summed E-state index contributed by atoms with van der Waals surface area (Å²) in [4.78, 5) is 11.5. The number of guanidine groups is 1. The van der Waals surface area contributed by atoms with Crippen molar-refractivity contribution in [2.75, 3.05) is 26.2 Å². The van der Waals surface area contributed by atoms with Gasteiger partial charge in [0.25, 0.3) is 0 Å². The Kier molecular flexibility index (Phi) is 7.91. The molecule has 0 spiro atoms. The number of hydrogen-bond acceptors (Lipinski definition) is 4. The van der Waals surface area contributed by atoms with Gasteiger partial charge in [-0.05, 0) is 43.0 Å². The monoisotopic (exact) mass is 503 g/mol. The van der Waals surface area contributed by atoms with Gasteiger partial charge in [0.05, 0.1) is 6.54 Å². The minimum Gasteiger partial charge on any atom is -0.357 e. The molecular weight excluding hydrogens is 477 g/mol. The standard InChI is InChI=1S/C19H26ClN5O.HI/c1-4-21-18(25-12-10-19(2,3)13-25)22-11-9-16-23-17(24-26-16)14-5-7-15(20)8-6-14;/h5-8H,4,9-13H2,1-3H3,(H,21,22);1H. The lowest BCUT2D eigenvalue weighted by Gasteiger charge is -2.23. The first-order valence-electron chi connectivity index (χ1n) is 9.09. The third-order valence-electron chi connectivity index (χ3n) is 4.47. The molecule has 0 bridgehead atoms. The molecule has 1 aromatic heterocycles. The molecular formula is C19H27ClIN5O. The Hall–Kier alpha value is -1.35. The topological polar surface area (TPSA) is 66.5 Å². The number of likely N-dealkylation sites (tertiary alicyclic amines) is 1. The average molecular weight is 504 g/mol. The first-order chi connectivity index (χ1) is 12.5. The normalized spacial score (nSPS) is 16.3. The van der Waals surface area contributed by atoms with E-state index in [1.165, 1.54) is 6.42 Å². The van der Waals surface area contributed by atoms with E-state index in [4.69, 9.17) is 21.1 Å². The van der Waals surface area contributed by atoms with Crippen LogP contribution in [0.2, 0.25) is 5.02 Å². The zero-order valence-corrected chi connectivity index (χ0v) is 19.1. The summed E-state index contributed by atoms with van der Waals surface area (Å²) < 4.78 is 5.35. The Balaban J connectivity index is 0.00000261. The fourth-order valence-corrected chi connectivity index (χ4v) is 3.18. The van der Waals surface area contributed by atoms with Gasteiger partial charge >= 0.3 is 0 Å². The van der Waals surface area contributed by atoms with Gasteiger partial charge < -0.3 is 14.7 Å². The predicted octanol–water partition coefficient (Wildman–Crippen LogP) is 4.25. The van der Waals surface area contributed by atoms with Gasteiger partial charge in [-0.25, -0.2) is 0 Å². The highest BCUT2D eigenvalue weighted by atomic mass is 127.